The number of benzene rings is 9. The lowest BCUT2D eigenvalue weighted by Crippen LogP contribution is -2.41. The molecule has 15 rings (SSSR count). The molecule has 1 fully saturated rings. The molecule has 1 atom stereocenters. The van der Waals surface area contributed by atoms with Gasteiger partial charge in [-0.1, -0.05) is 188 Å². The van der Waals surface area contributed by atoms with Gasteiger partial charge < -0.3 is 39.7 Å². The fourth-order valence-corrected chi connectivity index (χ4v) is 14.1. The summed E-state index contributed by atoms with van der Waals surface area (Å²) in [7, 11) is 0. The predicted octanol–water partition coefficient (Wildman–Crippen LogP) is 14.2. The van der Waals surface area contributed by atoms with Crippen molar-refractivity contribution in [3.05, 3.63) is 285 Å². The van der Waals surface area contributed by atoms with E-state index in [1.54, 1.807) is 21.6 Å². The lowest BCUT2D eigenvalue weighted by atomic mass is 9.98. The molecule has 5 N–H and O–H groups in total. The number of ether oxygens (including phenoxy) is 3. The minimum absolute atomic E-state index is 0.00228. The molecule has 0 spiro atoms. The lowest BCUT2D eigenvalue weighted by Gasteiger charge is -2.32. The van der Waals surface area contributed by atoms with Gasteiger partial charge in [0.1, 0.15) is 32.4 Å². The number of alkyl carbamates (subject to hydrolysis) is 1. The highest BCUT2D eigenvalue weighted by atomic mass is 16.6. The van der Waals surface area contributed by atoms with Crippen LogP contribution in [0.1, 0.15) is 97.9 Å². The number of likely N-dealkylation sites (tertiary alicyclic amines) is 1. The number of allylic oxidation sites excluding steroid dienone is 1. The van der Waals surface area contributed by atoms with Crippen LogP contribution in [0, 0.1) is 0 Å². The van der Waals surface area contributed by atoms with Crippen LogP contribution < -0.4 is 16.3 Å². The van der Waals surface area contributed by atoms with Gasteiger partial charge in [-0.2, -0.15) is 0 Å². The maximum Gasteiger partial charge on any atom is 0.411 e. The van der Waals surface area contributed by atoms with E-state index in [9.17, 15) is 43.8 Å². The van der Waals surface area contributed by atoms with Crippen LogP contribution >= 0.6 is 0 Å². The zero-order chi connectivity index (χ0) is 66.4. The maximum atomic E-state index is 13.1. The van der Waals surface area contributed by atoms with Gasteiger partial charge in [-0.25, -0.2) is 28.8 Å². The van der Waals surface area contributed by atoms with Gasteiger partial charge in [0, 0.05) is 49.0 Å². The molecule has 4 aliphatic carbocycles. The van der Waals surface area contributed by atoms with Gasteiger partial charge in [0.2, 0.25) is 0 Å². The second kappa shape index (κ2) is 27.8. The van der Waals surface area contributed by atoms with Crippen molar-refractivity contribution in [3.63, 3.8) is 0 Å². The van der Waals surface area contributed by atoms with Crippen LogP contribution in [0.15, 0.2) is 229 Å². The fourth-order valence-electron chi connectivity index (χ4n) is 14.1. The Hall–Kier alpha value is -11.8. The Kier molecular flexibility index (Phi) is 18.2. The van der Waals surface area contributed by atoms with Crippen molar-refractivity contribution in [1.29, 1.82) is 0 Å². The van der Waals surface area contributed by atoms with E-state index in [-0.39, 0.29) is 73.9 Å². The van der Waals surface area contributed by atoms with Crippen LogP contribution in [0.2, 0.25) is 0 Å². The van der Waals surface area contributed by atoms with Gasteiger partial charge in [0.25, 0.3) is 0 Å². The molecule has 2 heterocycles. The molecule has 0 bridgehead atoms. The number of piperidine rings is 1. The van der Waals surface area contributed by atoms with E-state index in [1.165, 1.54) is 67.8 Å². The van der Waals surface area contributed by atoms with Crippen LogP contribution in [0.5, 0.6) is 0 Å². The Balaban J connectivity index is 0.000000132. The average molecular weight is 1280 g/mol. The summed E-state index contributed by atoms with van der Waals surface area (Å²) < 4.78 is 19.8. The molecular weight excluding hydrogens is 1210 g/mol. The summed E-state index contributed by atoms with van der Waals surface area (Å²) in [5, 5.41) is 33.0. The minimum atomic E-state index is -1.08. The highest BCUT2D eigenvalue weighted by Crippen LogP contribution is 2.47. The summed E-state index contributed by atoms with van der Waals surface area (Å²) in [4.78, 5) is 86.6. The first-order valence-electron chi connectivity index (χ1n) is 31.9. The van der Waals surface area contributed by atoms with Gasteiger partial charge in [-0.3, -0.25) is 19.2 Å². The average Bonchev–Trinajstić information content (AvgIpc) is 1.65. The molecule has 10 aromatic rings. The Labute approximate surface area is 552 Å². The third-order valence-corrected chi connectivity index (χ3v) is 18.6. The van der Waals surface area contributed by atoms with Crippen molar-refractivity contribution in [1.82, 2.24) is 19.4 Å². The molecule has 1 aliphatic heterocycles. The number of carbonyl (C=O) groups is 6. The number of aromatic carboxylic acids is 1. The summed E-state index contributed by atoms with van der Waals surface area (Å²) in [5.41, 5.74) is 18.7. The quantitative estimate of drug-likeness (QED) is 0.0600. The number of para-hydroxylation sites is 2. The maximum absolute atomic E-state index is 13.1. The Bertz CT molecular complexity index is 4600. The number of nitrogens with zero attached hydrogens (tertiary/aromatic N) is 3. The second-order valence-electron chi connectivity index (χ2n) is 24.1. The number of nitrogens with one attached hydrogen (secondary N) is 2. The molecular formula is C78H67N5O13. The Morgan fingerprint density at radius 1 is 0.479 bits per heavy atom. The number of carboxylic acid groups (broad SMARTS) is 3. The van der Waals surface area contributed by atoms with Crippen LogP contribution in [-0.4, -0.2) is 104 Å². The molecule has 9 aromatic carbocycles. The number of carbonyl (C=O) groups excluding carboxylic acids is 3. The van der Waals surface area contributed by atoms with Crippen LogP contribution in [0.3, 0.4) is 0 Å². The number of hydrogen-bond donors (Lipinski definition) is 5. The molecule has 18 heteroatoms. The molecule has 0 unspecified atom stereocenters. The topological polar surface area (TPSA) is 245 Å². The number of aromatic nitrogens is 2. The summed E-state index contributed by atoms with van der Waals surface area (Å²) >= 11 is 0. The lowest BCUT2D eigenvalue weighted by molar-refractivity contribution is -0.139. The first-order valence-corrected chi connectivity index (χ1v) is 31.9. The van der Waals surface area contributed by atoms with Gasteiger partial charge in [-0.15, -0.1) is 0 Å². The third kappa shape index (κ3) is 13.0. The zero-order valence-corrected chi connectivity index (χ0v) is 52.1. The van der Waals surface area contributed by atoms with Crippen molar-refractivity contribution in [2.45, 2.75) is 62.1 Å². The summed E-state index contributed by atoms with van der Waals surface area (Å²) in [5.74, 6) is -3.22. The van der Waals surface area contributed by atoms with Crippen LogP contribution in [-0.2, 0) is 36.8 Å². The zero-order valence-electron chi connectivity index (χ0n) is 52.1. The molecule has 1 aromatic heterocycles. The van der Waals surface area contributed by atoms with Gasteiger partial charge in [0.05, 0.1) is 16.6 Å². The number of amides is 3. The number of aliphatic carboxylic acids is 2. The van der Waals surface area contributed by atoms with E-state index < -0.39 is 36.1 Å². The van der Waals surface area contributed by atoms with Gasteiger partial charge >= 0.3 is 41.9 Å². The van der Waals surface area contributed by atoms with E-state index >= 15 is 0 Å². The smallest absolute Gasteiger partial charge is 0.411 e. The van der Waals surface area contributed by atoms with Crippen molar-refractivity contribution in [2.75, 3.05) is 38.2 Å². The number of imidazole rings is 1. The van der Waals surface area contributed by atoms with Crippen LogP contribution in [0.4, 0.5) is 20.1 Å². The third-order valence-electron chi connectivity index (χ3n) is 18.6. The van der Waals surface area contributed by atoms with E-state index in [0.717, 1.165) is 50.9 Å². The van der Waals surface area contributed by atoms with E-state index in [0.29, 0.717) is 42.7 Å². The SMILES string of the molecule is O=C(N[C@H](CC1=CCc2ccccc21)C(=O)O)OCC1c2ccccc2-c2ccccc21.O=C(Nc1ccc(C(=O)O)cc1)OCC1c2ccccc2-c2ccccc21.O=C(O)Cn1c(=O)n(C2CCN(C(=O)OCC3c4ccccc4-c4ccccc43)CC2)c2ccccc21. The van der Waals surface area contributed by atoms with Crippen molar-refractivity contribution in [3.8, 4) is 33.4 Å². The monoisotopic (exact) mass is 1280 g/mol. The highest BCUT2D eigenvalue weighted by Gasteiger charge is 2.35. The van der Waals surface area contributed by atoms with Crippen molar-refractivity contribution in [2.24, 2.45) is 0 Å². The number of rotatable bonds is 15. The Morgan fingerprint density at radius 3 is 1.35 bits per heavy atom. The molecule has 0 saturated carbocycles. The first kappa shape index (κ1) is 63.0. The molecule has 18 nitrogen and oxygen atoms in total. The fraction of sp³-hybridized carbons (Fsp3) is 0.192. The van der Waals surface area contributed by atoms with Crippen molar-refractivity contribution >= 4 is 58.5 Å². The molecule has 5 aliphatic rings. The largest absolute Gasteiger partial charge is 0.480 e. The minimum Gasteiger partial charge on any atom is -0.480 e. The highest BCUT2D eigenvalue weighted by molar-refractivity contribution is 5.90. The van der Waals surface area contributed by atoms with Crippen LogP contribution in [0.25, 0.3) is 50.0 Å². The molecule has 1 saturated heterocycles. The van der Waals surface area contributed by atoms with E-state index in [1.807, 2.05) is 127 Å². The number of anilines is 1. The molecule has 96 heavy (non-hydrogen) atoms. The van der Waals surface area contributed by atoms with Gasteiger partial charge in [0.15, 0.2) is 0 Å². The molecule has 482 valence electrons. The number of fused-ring (bicyclic) bond motifs is 11. The Morgan fingerprint density at radius 2 is 0.896 bits per heavy atom. The summed E-state index contributed by atoms with van der Waals surface area (Å²) in [6, 6.07) is 68.9. The van der Waals surface area contributed by atoms with Gasteiger partial charge in [-0.05, 0) is 139 Å². The number of carboxylic acids is 3. The van der Waals surface area contributed by atoms with E-state index in [4.69, 9.17) is 19.3 Å². The van der Waals surface area contributed by atoms with Crippen molar-refractivity contribution < 1.29 is 58.3 Å². The molecule has 0 radical (unpaired) electrons. The standard InChI is InChI=1S/C29H27N3O5.C27H23NO4.C22H17NO4/c33-27(34)17-31-25-11-5-6-12-26(25)32(28(31)35)19-13-15-30(16-14-19)29(36)37-18-24-22-9-3-1-7-20(22)21-8-2-4-10-23(21)24;29-26(30)25(15-18-14-13-17-7-1-2-8-19(17)18)28-27(31)32-16-24-22-11-5-3-9-20(22)21-10-4-6-12-23(21)24;24-21(25)14-9-11-15(12-10-14)23-22(26)27-13-20-18-7-3-1-5-16(18)17-6-2-4-8-19(17)20/h1-12,19,24H,13-18H2,(H,33,34);1-12,14,24-25H,13,15-16H2,(H,28,31)(H,29,30);1-12,20H,13H2,(H,23,26)(H,24,25)/t;25-;/m.1./s1. The number of hydrogen-bond acceptors (Lipinski definition) is 10. The summed E-state index contributed by atoms with van der Waals surface area (Å²) in [6.07, 6.45) is 2.57. The normalized spacial score (nSPS) is 14.3. The summed E-state index contributed by atoms with van der Waals surface area (Å²) in [6.45, 7) is 1.20. The first-order chi connectivity index (χ1) is 46.8. The second-order valence-corrected chi connectivity index (χ2v) is 24.1. The van der Waals surface area contributed by atoms with E-state index in [2.05, 4.69) is 71.3 Å². The predicted molar refractivity (Wildman–Crippen MR) is 363 cm³/mol. The molecule has 3 amide bonds.